The van der Waals surface area contributed by atoms with Gasteiger partial charge in [0, 0.05) is 25.4 Å². The number of nitrogens with zero attached hydrogens (tertiary/aromatic N) is 2. The Balaban J connectivity index is 1.60. The Bertz CT molecular complexity index is 1010. The number of para-hydroxylation sites is 2. The maximum absolute atomic E-state index is 5.88. The Morgan fingerprint density at radius 2 is 1.78 bits per heavy atom. The van der Waals surface area contributed by atoms with E-state index in [1.807, 2.05) is 74.5 Å². The summed E-state index contributed by atoms with van der Waals surface area (Å²) in [5.41, 5.74) is 2.10. The average molecular weight is 435 g/mol. The second-order valence-corrected chi connectivity index (χ2v) is 6.89. The standard InChI is InChI=1S/C25H30N4O3/c1-4-26-25(28-16-19-9-8-10-21(15-19)30-3)29-18-20-13-14-24(27-17-20)32-23-12-7-6-11-22(23)31-5-2/h6-15,17H,4-5,16,18H2,1-3H3,(H2,26,28,29). The average Bonchev–Trinajstić information content (AvgIpc) is 2.83. The lowest BCUT2D eigenvalue weighted by Crippen LogP contribution is -2.36. The van der Waals surface area contributed by atoms with Crippen molar-refractivity contribution < 1.29 is 14.2 Å². The molecular weight excluding hydrogens is 404 g/mol. The first-order valence-electron chi connectivity index (χ1n) is 10.7. The predicted molar refractivity (Wildman–Crippen MR) is 127 cm³/mol. The minimum absolute atomic E-state index is 0.496. The SMILES string of the molecule is CCNC(=NCc1ccc(Oc2ccccc2OCC)nc1)NCc1cccc(OC)c1. The van der Waals surface area contributed by atoms with Gasteiger partial charge in [0.05, 0.1) is 20.3 Å². The zero-order valence-corrected chi connectivity index (χ0v) is 18.8. The molecule has 32 heavy (non-hydrogen) atoms. The lowest BCUT2D eigenvalue weighted by molar-refractivity contribution is 0.319. The van der Waals surface area contributed by atoms with Crippen LogP contribution >= 0.6 is 0 Å². The minimum atomic E-state index is 0.496. The van der Waals surface area contributed by atoms with Crippen molar-refractivity contribution in [2.24, 2.45) is 4.99 Å². The lowest BCUT2D eigenvalue weighted by Gasteiger charge is -2.12. The van der Waals surface area contributed by atoms with E-state index in [0.717, 1.165) is 29.4 Å². The first-order valence-corrected chi connectivity index (χ1v) is 10.7. The molecule has 0 atom stereocenters. The topological polar surface area (TPSA) is 77.0 Å². The van der Waals surface area contributed by atoms with Crippen molar-refractivity contribution in [3.05, 3.63) is 78.0 Å². The first-order chi connectivity index (χ1) is 15.7. The van der Waals surface area contributed by atoms with Crippen LogP contribution in [-0.2, 0) is 13.1 Å². The van der Waals surface area contributed by atoms with Crippen LogP contribution in [0.1, 0.15) is 25.0 Å². The molecule has 0 amide bonds. The van der Waals surface area contributed by atoms with Gasteiger partial charge < -0.3 is 24.8 Å². The van der Waals surface area contributed by atoms with E-state index in [0.29, 0.717) is 37.1 Å². The second kappa shape index (κ2) is 12.2. The monoisotopic (exact) mass is 434 g/mol. The number of ether oxygens (including phenoxy) is 3. The summed E-state index contributed by atoms with van der Waals surface area (Å²) in [5, 5.41) is 6.61. The third-order valence-corrected chi connectivity index (χ3v) is 4.52. The summed E-state index contributed by atoms with van der Waals surface area (Å²) in [4.78, 5) is 9.07. The molecule has 0 fully saturated rings. The highest BCUT2D eigenvalue weighted by Gasteiger charge is 2.06. The van der Waals surface area contributed by atoms with Crippen LogP contribution in [0.5, 0.6) is 23.1 Å². The van der Waals surface area contributed by atoms with Gasteiger partial charge in [-0.1, -0.05) is 30.3 Å². The van der Waals surface area contributed by atoms with Crippen molar-refractivity contribution >= 4 is 5.96 Å². The van der Waals surface area contributed by atoms with Gasteiger partial charge in [0.1, 0.15) is 5.75 Å². The van der Waals surface area contributed by atoms with Gasteiger partial charge in [-0.2, -0.15) is 0 Å². The number of aromatic nitrogens is 1. The van der Waals surface area contributed by atoms with Crippen LogP contribution in [0.2, 0.25) is 0 Å². The largest absolute Gasteiger partial charge is 0.497 e. The molecular formula is C25H30N4O3. The van der Waals surface area contributed by atoms with Gasteiger partial charge >= 0.3 is 0 Å². The highest BCUT2D eigenvalue weighted by molar-refractivity contribution is 5.79. The van der Waals surface area contributed by atoms with Gasteiger partial charge in [0.2, 0.25) is 5.88 Å². The van der Waals surface area contributed by atoms with Crippen LogP contribution in [0.25, 0.3) is 0 Å². The summed E-state index contributed by atoms with van der Waals surface area (Å²) in [6.45, 7) is 6.47. The molecule has 0 aliphatic heterocycles. The van der Waals surface area contributed by atoms with E-state index in [1.165, 1.54) is 0 Å². The van der Waals surface area contributed by atoms with Crippen LogP contribution in [0.3, 0.4) is 0 Å². The summed E-state index contributed by atoms with van der Waals surface area (Å²) < 4.78 is 16.8. The Morgan fingerprint density at radius 1 is 0.938 bits per heavy atom. The maximum atomic E-state index is 5.88. The number of hydrogen-bond acceptors (Lipinski definition) is 5. The molecule has 7 nitrogen and oxygen atoms in total. The van der Waals surface area contributed by atoms with E-state index in [4.69, 9.17) is 14.2 Å². The number of nitrogens with one attached hydrogen (secondary N) is 2. The summed E-state index contributed by atoms with van der Waals surface area (Å²) in [6.07, 6.45) is 1.77. The predicted octanol–water partition coefficient (Wildman–Crippen LogP) is 4.54. The fourth-order valence-corrected chi connectivity index (χ4v) is 2.97. The van der Waals surface area contributed by atoms with E-state index in [2.05, 4.69) is 20.6 Å². The van der Waals surface area contributed by atoms with Crippen LogP contribution in [0, 0.1) is 0 Å². The van der Waals surface area contributed by atoms with E-state index >= 15 is 0 Å². The molecule has 7 heteroatoms. The Hall–Kier alpha value is -3.74. The maximum Gasteiger partial charge on any atom is 0.219 e. The van der Waals surface area contributed by atoms with Gasteiger partial charge in [-0.25, -0.2) is 9.98 Å². The third kappa shape index (κ3) is 6.91. The number of aliphatic imine (C=N–C) groups is 1. The molecule has 0 radical (unpaired) electrons. The summed E-state index contributed by atoms with van der Waals surface area (Å²) in [7, 11) is 1.67. The zero-order chi connectivity index (χ0) is 22.6. The molecule has 0 saturated carbocycles. The molecule has 0 aliphatic rings. The number of guanidine groups is 1. The smallest absolute Gasteiger partial charge is 0.219 e. The van der Waals surface area contributed by atoms with Gasteiger partial charge in [-0.3, -0.25) is 0 Å². The Labute approximate surface area is 189 Å². The fourth-order valence-electron chi connectivity index (χ4n) is 2.97. The van der Waals surface area contributed by atoms with Crippen molar-refractivity contribution in [3.63, 3.8) is 0 Å². The quantitative estimate of drug-likeness (QED) is 0.360. The molecule has 2 N–H and O–H groups in total. The van der Waals surface area contributed by atoms with E-state index in [-0.39, 0.29) is 0 Å². The summed E-state index contributed by atoms with van der Waals surface area (Å²) in [6, 6.07) is 19.3. The third-order valence-electron chi connectivity index (χ3n) is 4.52. The van der Waals surface area contributed by atoms with Crippen molar-refractivity contribution in [1.29, 1.82) is 0 Å². The lowest BCUT2D eigenvalue weighted by atomic mass is 10.2. The van der Waals surface area contributed by atoms with Crippen LogP contribution in [0.4, 0.5) is 0 Å². The van der Waals surface area contributed by atoms with Gasteiger partial charge in [-0.05, 0) is 49.2 Å². The normalized spacial score (nSPS) is 11.0. The van der Waals surface area contributed by atoms with Gasteiger partial charge in [0.25, 0.3) is 0 Å². The number of pyridine rings is 1. The highest BCUT2D eigenvalue weighted by atomic mass is 16.5. The molecule has 0 bridgehead atoms. The zero-order valence-electron chi connectivity index (χ0n) is 18.8. The van der Waals surface area contributed by atoms with E-state index in [1.54, 1.807) is 13.3 Å². The number of benzene rings is 2. The van der Waals surface area contributed by atoms with Crippen molar-refractivity contribution in [2.75, 3.05) is 20.3 Å². The molecule has 168 valence electrons. The van der Waals surface area contributed by atoms with Crippen LogP contribution < -0.4 is 24.8 Å². The summed E-state index contributed by atoms with van der Waals surface area (Å²) >= 11 is 0. The second-order valence-electron chi connectivity index (χ2n) is 6.89. The molecule has 3 aromatic rings. The van der Waals surface area contributed by atoms with Crippen molar-refractivity contribution in [2.45, 2.75) is 26.9 Å². The minimum Gasteiger partial charge on any atom is -0.497 e. The molecule has 1 heterocycles. The van der Waals surface area contributed by atoms with Gasteiger partial charge in [0.15, 0.2) is 17.5 Å². The van der Waals surface area contributed by atoms with Gasteiger partial charge in [-0.15, -0.1) is 0 Å². The number of rotatable bonds is 10. The van der Waals surface area contributed by atoms with Crippen molar-refractivity contribution in [1.82, 2.24) is 15.6 Å². The van der Waals surface area contributed by atoms with E-state index in [9.17, 15) is 0 Å². The van der Waals surface area contributed by atoms with Crippen molar-refractivity contribution in [3.8, 4) is 23.1 Å². The molecule has 0 saturated heterocycles. The molecule has 0 spiro atoms. The Morgan fingerprint density at radius 3 is 2.50 bits per heavy atom. The van der Waals surface area contributed by atoms with E-state index < -0.39 is 0 Å². The molecule has 3 rings (SSSR count). The molecule has 0 aliphatic carbocycles. The number of methoxy groups -OCH3 is 1. The molecule has 1 aromatic heterocycles. The fraction of sp³-hybridized carbons (Fsp3) is 0.280. The Kier molecular flexibility index (Phi) is 8.74. The highest BCUT2D eigenvalue weighted by Crippen LogP contribution is 2.30. The molecule has 2 aromatic carbocycles. The first kappa shape index (κ1) is 22.9. The van der Waals surface area contributed by atoms with Crippen LogP contribution in [0.15, 0.2) is 71.9 Å². The summed E-state index contributed by atoms with van der Waals surface area (Å²) in [5.74, 6) is 3.42. The molecule has 0 unspecified atom stereocenters. The number of hydrogen-bond donors (Lipinski definition) is 2. The van der Waals surface area contributed by atoms with Crippen LogP contribution in [-0.4, -0.2) is 31.2 Å².